The molecule has 0 saturated carbocycles. The van der Waals surface area contributed by atoms with Crippen molar-refractivity contribution in [3.63, 3.8) is 0 Å². The van der Waals surface area contributed by atoms with E-state index in [0.29, 0.717) is 6.42 Å². The summed E-state index contributed by atoms with van der Waals surface area (Å²) in [6.45, 7) is 1.27. The fraction of sp³-hybridized carbons (Fsp3) is 0.727. The molecule has 1 fully saturated rings. The molecule has 104 valence electrons. The lowest BCUT2D eigenvalue weighted by Crippen LogP contribution is -2.59. The first-order valence-electron chi connectivity index (χ1n) is 5.69. The Bertz CT molecular complexity index is 302. The third kappa shape index (κ3) is 3.50. The second-order valence-electron chi connectivity index (χ2n) is 3.94. The van der Waals surface area contributed by atoms with Crippen LogP contribution in [0.5, 0.6) is 0 Å². The van der Waals surface area contributed by atoms with Crippen molar-refractivity contribution in [1.29, 1.82) is 0 Å². The van der Waals surface area contributed by atoms with Gasteiger partial charge in [-0.1, -0.05) is 13.0 Å². The van der Waals surface area contributed by atoms with E-state index in [1.54, 1.807) is 6.08 Å². The molecule has 0 amide bonds. The van der Waals surface area contributed by atoms with Crippen molar-refractivity contribution in [1.82, 2.24) is 0 Å². The maximum Gasteiger partial charge on any atom is 0.332 e. The first-order valence-corrected chi connectivity index (χ1v) is 5.69. The van der Waals surface area contributed by atoms with E-state index in [1.165, 1.54) is 6.08 Å². The van der Waals surface area contributed by atoms with Gasteiger partial charge in [-0.05, 0) is 6.42 Å². The van der Waals surface area contributed by atoms with Gasteiger partial charge in [-0.25, -0.2) is 4.79 Å². The predicted octanol–water partition coefficient (Wildman–Crippen LogP) is -1.70. The number of carbonyl (C=O) groups is 1. The third-order valence-corrected chi connectivity index (χ3v) is 2.57. The van der Waals surface area contributed by atoms with Crippen LogP contribution in [-0.2, 0) is 14.3 Å². The average Bonchev–Trinajstić information content (AvgIpc) is 2.37. The fourth-order valence-electron chi connectivity index (χ4n) is 1.53. The van der Waals surface area contributed by atoms with E-state index >= 15 is 0 Å². The van der Waals surface area contributed by atoms with Gasteiger partial charge in [-0.15, -0.1) is 0 Å². The molecule has 1 saturated heterocycles. The van der Waals surface area contributed by atoms with E-state index in [0.717, 1.165) is 0 Å². The van der Waals surface area contributed by atoms with Gasteiger partial charge >= 0.3 is 5.97 Å². The fourth-order valence-corrected chi connectivity index (χ4v) is 1.53. The van der Waals surface area contributed by atoms with Gasteiger partial charge < -0.3 is 29.9 Å². The quantitative estimate of drug-likeness (QED) is 0.352. The van der Waals surface area contributed by atoms with Crippen molar-refractivity contribution in [2.45, 2.75) is 44.1 Å². The van der Waals surface area contributed by atoms with Crippen LogP contribution in [-0.4, -0.2) is 63.7 Å². The Morgan fingerprint density at radius 1 is 1.28 bits per heavy atom. The molecule has 0 radical (unpaired) electrons. The van der Waals surface area contributed by atoms with Crippen LogP contribution >= 0.6 is 0 Å². The Labute approximate surface area is 104 Å². The van der Waals surface area contributed by atoms with Gasteiger partial charge in [-0.3, -0.25) is 0 Å². The van der Waals surface area contributed by atoms with Crippen LogP contribution in [0.2, 0.25) is 0 Å². The smallest absolute Gasteiger partial charge is 0.332 e. The summed E-state index contributed by atoms with van der Waals surface area (Å²) in [5.41, 5.74) is 0. The maximum atomic E-state index is 11.3. The number of hydrogen-bond donors (Lipinski definition) is 4. The van der Waals surface area contributed by atoms with Crippen molar-refractivity contribution in [2.75, 3.05) is 6.61 Å². The summed E-state index contributed by atoms with van der Waals surface area (Å²) in [6, 6.07) is 0. The highest BCUT2D eigenvalue weighted by Gasteiger charge is 2.45. The second kappa shape index (κ2) is 6.81. The van der Waals surface area contributed by atoms with Crippen LogP contribution in [0.25, 0.3) is 0 Å². The molecule has 1 rings (SSSR count). The van der Waals surface area contributed by atoms with Crippen LogP contribution in [0.4, 0.5) is 0 Å². The molecule has 5 atom stereocenters. The monoisotopic (exact) mass is 262 g/mol. The molecule has 4 N–H and O–H groups in total. The molecule has 7 heteroatoms. The largest absolute Gasteiger partial charge is 0.430 e. The minimum Gasteiger partial charge on any atom is -0.430 e. The minimum absolute atomic E-state index is 0.566. The van der Waals surface area contributed by atoms with Gasteiger partial charge in [0.2, 0.25) is 6.29 Å². The molecular formula is C11H18O7. The van der Waals surface area contributed by atoms with Gasteiger partial charge in [0.25, 0.3) is 0 Å². The van der Waals surface area contributed by atoms with Crippen LogP contribution in [0, 0.1) is 0 Å². The van der Waals surface area contributed by atoms with E-state index in [1.807, 2.05) is 6.92 Å². The van der Waals surface area contributed by atoms with Crippen molar-refractivity contribution in [3.8, 4) is 0 Å². The molecule has 0 spiro atoms. The van der Waals surface area contributed by atoms with E-state index < -0.39 is 43.3 Å². The van der Waals surface area contributed by atoms with Gasteiger partial charge in [-0.2, -0.15) is 0 Å². The number of rotatable bonds is 4. The standard InChI is InChI=1S/C11H18O7/c1-2-3-4-7(13)18-11-10(16)9(15)8(14)6(5-12)17-11/h3-4,6,8-12,14-16H,2,5H2,1H3/t6-,8-,9+,10+,11?/m1/s1. The Kier molecular flexibility index (Phi) is 5.70. The number of aliphatic hydroxyl groups is 4. The Hall–Kier alpha value is -0.990. The molecule has 1 unspecified atom stereocenters. The van der Waals surface area contributed by atoms with Crippen molar-refractivity contribution >= 4 is 5.97 Å². The number of hydrogen-bond acceptors (Lipinski definition) is 7. The lowest BCUT2D eigenvalue weighted by atomic mass is 9.99. The summed E-state index contributed by atoms with van der Waals surface area (Å²) in [7, 11) is 0. The van der Waals surface area contributed by atoms with Gasteiger partial charge in [0, 0.05) is 6.08 Å². The van der Waals surface area contributed by atoms with E-state index in [4.69, 9.17) is 14.6 Å². The first-order chi connectivity index (χ1) is 8.51. The Morgan fingerprint density at radius 3 is 2.50 bits per heavy atom. The molecule has 1 aliphatic heterocycles. The van der Waals surface area contributed by atoms with Crippen LogP contribution in [0.1, 0.15) is 13.3 Å². The first kappa shape index (κ1) is 15.1. The topological polar surface area (TPSA) is 116 Å². The van der Waals surface area contributed by atoms with Crippen LogP contribution in [0.3, 0.4) is 0 Å². The van der Waals surface area contributed by atoms with Crippen LogP contribution in [0.15, 0.2) is 12.2 Å². The highest BCUT2D eigenvalue weighted by molar-refractivity contribution is 5.81. The lowest BCUT2D eigenvalue weighted by molar-refractivity contribution is -0.291. The SMILES string of the molecule is CCC=CC(=O)OC1O[C@H](CO)[C@@H](O)[C@H](O)[C@@H]1O. The lowest BCUT2D eigenvalue weighted by Gasteiger charge is -2.38. The molecular weight excluding hydrogens is 244 g/mol. The highest BCUT2D eigenvalue weighted by Crippen LogP contribution is 2.22. The average molecular weight is 262 g/mol. The van der Waals surface area contributed by atoms with E-state index in [-0.39, 0.29) is 0 Å². The molecule has 0 aromatic rings. The summed E-state index contributed by atoms with van der Waals surface area (Å²) in [6.07, 6.45) is -3.72. The summed E-state index contributed by atoms with van der Waals surface area (Å²) < 4.78 is 9.77. The zero-order valence-electron chi connectivity index (χ0n) is 9.97. The molecule has 1 aliphatic rings. The van der Waals surface area contributed by atoms with Gasteiger partial charge in [0.1, 0.15) is 24.4 Å². The highest BCUT2D eigenvalue weighted by atomic mass is 16.7. The zero-order chi connectivity index (χ0) is 13.7. The molecule has 18 heavy (non-hydrogen) atoms. The number of ether oxygens (including phenoxy) is 2. The second-order valence-corrected chi connectivity index (χ2v) is 3.94. The third-order valence-electron chi connectivity index (χ3n) is 2.57. The van der Waals surface area contributed by atoms with Gasteiger partial charge in [0.15, 0.2) is 0 Å². The summed E-state index contributed by atoms with van der Waals surface area (Å²) in [5.74, 6) is -0.735. The molecule has 0 bridgehead atoms. The van der Waals surface area contributed by atoms with E-state index in [9.17, 15) is 20.1 Å². The number of allylic oxidation sites excluding steroid dienone is 1. The Morgan fingerprint density at radius 2 is 1.94 bits per heavy atom. The molecule has 0 aromatic carbocycles. The number of carbonyl (C=O) groups excluding carboxylic acids is 1. The molecule has 0 aromatic heterocycles. The summed E-state index contributed by atoms with van der Waals surface area (Å²) in [5, 5.41) is 37.5. The summed E-state index contributed by atoms with van der Waals surface area (Å²) in [4.78, 5) is 11.3. The number of aliphatic hydroxyl groups excluding tert-OH is 4. The van der Waals surface area contributed by atoms with E-state index in [2.05, 4.69) is 0 Å². The molecule has 0 aliphatic carbocycles. The normalized spacial score (nSPS) is 36.8. The van der Waals surface area contributed by atoms with Crippen molar-refractivity contribution < 1.29 is 34.7 Å². The minimum atomic E-state index is -1.57. The molecule has 1 heterocycles. The Balaban J connectivity index is 2.64. The predicted molar refractivity (Wildman–Crippen MR) is 59.3 cm³/mol. The maximum absolute atomic E-state index is 11.3. The zero-order valence-corrected chi connectivity index (χ0v) is 9.97. The van der Waals surface area contributed by atoms with Crippen molar-refractivity contribution in [3.05, 3.63) is 12.2 Å². The number of esters is 1. The summed E-state index contributed by atoms with van der Waals surface area (Å²) >= 11 is 0. The van der Waals surface area contributed by atoms with Crippen molar-refractivity contribution in [2.24, 2.45) is 0 Å². The van der Waals surface area contributed by atoms with Crippen LogP contribution < -0.4 is 0 Å². The van der Waals surface area contributed by atoms with Gasteiger partial charge in [0.05, 0.1) is 6.61 Å². The molecule has 7 nitrogen and oxygen atoms in total.